The van der Waals surface area contributed by atoms with Crippen LogP contribution in [0.4, 0.5) is 0 Å². The minimum atomic E-state index is -0.136. The molecule has 0 radical (unpaired) electrons. The molecule has 1 aliphatic carbocycles. The molecule has 8 aromatic carbocycles. The van der Waals surface area contributed by atoms with E-state index < -0.39 is 0 Å². The topological polar surface area (TPSA) is 51.6 Å². The van der Waals surface area contributed by atoms with Crippen molar-refractivity contribution in [3.63, 3.8) is 0 Å². The molecule has 2 heterocycles. The Bertz CT molecular complexity index is 3190. The zero-order valence-corrected chi connectivity index (χ0v) is 33.9. The van der Waals surface area contributed by atoms with Crippen LogP contribution in [-0.4, -0.2) is 19.9 Å². The molecule has 1 aliphatic rings. The number of nitrogens with zero attached hydrogens (tertiary/aromatic N) is 4. The molecule has 0 unspecified atom stereocenters. The van der Waals surface area contributed by atoms with E-state index in [0.29, 0.717) is 17.5 Å². The summed E-state index contributed by atoms with van der Waals surface area (Å²) in [4.78, 5) is 20.4. The fourth-order valence-electron chi connectivity index (χ4n) is 8.91. The highest BCUT2D eigenvalue weighted by Gasteiger charge is 2.36. The van der Waals surface area contributed by atoms with Gasteiger partial charge in [0.05, 0.1) is 11.2 Å². The van der Waals surface area contributed by atoms with Crippen molar-refractivity contribution in [1.29, 1.82) is 0 Å². The number of hydrogen-bond donors (Lipinski definition) is 0. The summed E-state index contributed by atoms with van der Waals surface area (Å²) >= 11 is 0. The summed E-state index contributed by atoms with van der Waals surface area (Å²) in [5.74, 6) is 1.92. The smallest absolute Gasteiger partial charge is 0.164 e. The van der Waals surface area contributed by atoms with Gasteiger partial charge in [0.25, 0.3) is 0 Å². The van der Waals surface area contributed by atoms with Gasteiger partial charge in [-0.25, -0.2) is 19.9 Å². The number of pyridine rings is 1. The van der Waals surface area contributed by atoms with Gasteiger partial charge in [0.15, 0.2) is 17.5 Å². The fourth-order valence-corrected chi connectivity index (χ4v) is 8.91. The quantitative estimate of drug-likeness (QED) is 0.162. The van der Waals surface area contributed by atoms with Crippen molar-refractivity contribution in [2.75, 3.05) is 0 Å². The lowest BCUT2D eigenvalue weighted by Crippen LogP contribution is -2.14. The van der Waals surface area contributed by atoms with Gasteiger partial charge in [0, 0.05) is 33.1 Å². The summed E-state index contributed by atoms with van der Waals surface area (Å²) in [5, 5.41) is 1.13. The van der Waals surface area contributed by atoms with Gasteiger partial charge in [-0.05, 0) is 86.0 Å². The maximum Gasteiger partial charge on any atom is 0.164 e. The van der Waals surface area contributed by atoms with Crippen LogP contribution in [0.2, 0.25) is 0 Å². The molecule has 61 heavy (non-hydrogen) atoms. The second-order valence-corrected chi connectivity index (χ2v) is 16.3. The van der Waals surface area contributed by atoms with E-state index >= 15 is 0 Å². The minimum Gasteiger partial charge on any atom is -0.248 e. The molecular formula is C57H40N4. The molecule has 0 saturated carbocycles. The van der Waals surface area contributed by atoms with Crippen molar-refractivity contribution in [3.8, 4) is 89.9 Å². The number of fused-ring (bicyclic) bond motifs is 4. The second kappa shape index (κ2) is 14.8. The van der Waals surface area contributed by atoms with Crippen LogP contribution in [0.25, 0.3) is 101 Å². The number of benzene rings is 8. The van der Waals surface area contributed by atoms with E-state index in [1.807, 2.05) is 60.7 Å². The molecule has 0 bridgehead atoms. The van der Waals surface area contributed by atoms with Crippen molar-refractivity contribution in [2.24, 2.45) is 0 Å². The Kier molecular flexibility index (Phi) is 8.79. The Morgan fingerprint density at radius 1 is 0.295 bits per heavy atom. The highest BCUT2D eigenvalue weighted by atomic mass is 15.0. The van der Waals surface area contributed by atoms with Crippen LogP contribution in [0.15, 0.2) is 206 Å². The van der Waals surface area contributed by atoms with Gasteiger partial charge in [-0.1, -0.05) is 190 Å². The Morgan fingerprint density at radius 2 is 0.770 bits per heavy atom. The van der Waals surface area contributed by atoms with Gasteiger partial charge in [0.2, 0.25) is 0 Å². The van der Waals surface area contributed by atoms with Crippen molar-refractivity contribution >= 4 is 10.9 Å². The first-order valence-electron chi connectivity index (χ1n) is 20.8. The van der Waals surface area contributed by atoms with Crippen LogP contribution in [0.1, 0.15) is 25.0 Å². The Labute approximate surface area is 356 Å². The zero-order chi connectivity index (χ0) is 40.9. The molecule has 0 amide bonds. The molecule has 2 aromatic heterocycles. The van der Waals surface area contributed by atoms with E-state index in [9.17, 15) is 0 Å². The summed E-state index contributed by atoms with van der Waals surface area (Å²) in [6.07, 6.45) is 0. The third-order valence-electron chi connectivity index (χ3n) is 12.1. The highest BCUT2D eigenvalue weighted by Crippen LogP contribution is 2.50. The molecular weight excluding hydrogens is 741 g/mol. The zero-order valence-electron chi connectivity index (χ0n) is 33.9. The molecule has 288 valence electrons. The van der Waals surface area contributed by atoms with Crippen molar-refractivity contribution in [1.82, 2.24) is 19.9 Å². The third kappa shape index (κ3) is 6.59. The highest BCUT2D eigenvalue weighted by molar-refractivity contribution is 6.02. The SMILES string of the molecule is CC1(C)c2ccccc2-c2cc3c(-c4cccc(-c5cccc(-c6nc(-c7ccccc7)nc(-c7ccccc7)n6)c5)c4)cc(-c4ccc(-c5ccccc5)cc4)nc3cc21. The summed E-state index contributed by atoms with van der Waals surface area (Å²) < 4.78 is 0. The molecule has 0 spiro atoms. The maximum atomic E-state index is 5.40. The molecule has 0 aliphatic heterocycles. The van der Waals surface area contributed by atoms with Crippen molar-refractivity contribution in [2.45, 2.75) is 19.3 Å². The first-order valence-corrected chi connectivity index (χ1v) is 20.8. The first kappa shape index (κ1) is 36.3. The summed E-state index contributed by atoms with van der Waals surface area (Å²) in [5.41, 5.74) is 17.8. The minimum absolute atomic E-state index is 0.136. The first-order chi connectivity index (χ1) is 30.0. The van der Waals surface area contributed by atoms with E-state index in [4.69, 9.17) is 19.9 Å². The normalized spacial score (nSPS) is 12.6. The van der Waals surface area contributed by atoms with E-state index in [1.54, 1.807) is 0 Å². The number of aromatic nitrogens is 4. The summed E-state index contributed by atoms with van der Waals surface area (Å²) in [6.45, 7) is 4.66. The Morgan fingerprint density at radius 3 is 1.41 bits per heavy atom. The predicted molar refractivity (Wildman–Crippen MR) is 251 cm³/mol. The average molecular weight is 781 g/mol. The van der Waals surface area contributed by atoms with E-state index in [-0.39, 0.29) is 5.41 Å². The lowest BCUT2D eigenvalue weighted by molar-refractivity contribution is 0.661. The molecule has 4 heteroatoms. The Hall–Kier alpha value is -7.82. The van der Waals surface area contributed by atoms with E-state index in [2.05, 4.69) is 159 Å². The number of rotatable bonds is 7. The average Bonchev–Trinajstić information content (AvgIpc) is 3.56. The lowest BCUT2D eigenvalue weighted by atomic mass is 9.82. The van der Waals surface area contributed by atoms with Gasteiger partial charge in [-0.3, -0.25) is 0 Å². The Balaban J connectivity index is 1.04. The molecule has 0 atom stereocenters. The van der Waals surface area contributed by atoms with Crippen LogP contribution in [0.3, 0.4) is 0 Å². The standard InChI is InChI=1S/C57H40N4/c1-57(2)50-27-13-12-26-46(50)48-34-49-47(35-52(58-53(49)36-51(48)57)39-30-28-38(29-31-39)37-16-6-3-7-17-37)44-24-14-22-42(32-44)43-23-15-25-45(33-43)56-60-54(40-18-8-4-9-19-40)59-55(61-56)41-20-10-5-11-21-41/h3-36H,1-2H3. The molecule has 4 nitrogen and oxygen atoms in total. The lowest BCUT2D eigenvalue weighted by Gasteiger charge is -2.22. The van der Waals surface area contributed by atoms with Gasteiger partial charge < -0.3 is 0 Å². The van der Waals surface area contributed by atoms with Crippen molar-refractivity contribution < 1.29 is 0 Å². The second-order valence-electron chi connectivity index (χ2n) is 16.3. The van der Waals surface area contributed by atoms with Crippen LogP contribution < -0.4 is 0 Å². The van der Waals surface area contributed by atoms with E-state index in [1.165, 1.54) is 33.4 Å². The largest absolute Gasteiger partial charge is 0.248 e. The maximum absolute atomic E-state index is 5.40. The van der Waals surface area contributed by atoms with Gasteiger partial charge in [-0.2, -0.15) is 0 Å². The number of hydrogen-bond acceptors (Lipinski definition) is 4. The summed E-state index contributed by atoms with van der Waals surface area (Å²) in [6, 6.07) is 72.8. The van der Waals surface area contributed by atoms with Gasteiger partial charge in [-0.15, -0.1) is 0 Å². The van der Waals surface area contributed by atoms with Crippen LogP contribution in [-0.2, 0) is 5.41 Å². The molecule has 0 saturated heterocycles. The molecule has 0 fully saturated rings. The monoisotopic (exact) mass is 780 g/mol. The predicted octanol–water partition coefficient (Wildman–Crippen LogP) is 14.4. The van der Waals surface area contributed by atoms with Crippen LogP contribution in [0.5, 0.6) is 0 Å². The van der Waals surface area contributed by atoms with Crippen molar-refractivity contribution in [3.05, 3.63) is 217 Å². The van der Waals surface area contributed by atoms with Crippen LogP contribution in [0, 0.1) is 0 Å². The fraction of sp³-hybridized carbons (Fsp3) is 0.0526. The van der Waals surface area contributed by atoms with Gasteiger partial charge in [0.1, 0.15) is 0 Å². The molecule has 10 aromatic rings. The molecule has 11 rings (SSSR count). The molecule has 0 N–H and O–H groups in total. The summed E-state index contributed by atoms with van der Waals surface area (Å²) in [7, 11) is 0. The third-order valence-corrected chi connectivity index (χ3v) is 12.1. The van der Waals surface area contributed by atoms with Gasteiger partial charge >= 0.3 is 0 Å². The van der Waals surface area contributed by atoms with Crippen LogP contribution >= 0.6 is 0 Å². The van der Waals surface area contributed by atoms with E-state index in [0.717, 1.165) is 61.1 Å².